The number of para-hydroxylation sites is 1. The van der Waals surface area contributed by atoms with Crippen LogP contribution in [-0.2, 0) is 22.5 Å². The molecule has 4 heterocycles. The predicted molar refractivity (Wildman–Crippen MR) is 200 cm³/mol. The van der Waals surface area contributed by atoms with E-state index in [0.717, 1.165) is 79.3 Å². The summed E-state index contributed by atoms with van der Waals surface area (Å²) in [5.74, 6) is 0.0368. The van der Waals surface area contributed by atoms with Gasteiger partial charge in [-0.15, -0.1) is 0 Å². The van der Waals surface area contributed by atoms with Gasteiger partial charge in [-0.1, -0.05) is 74.5 Å². The Morgan fingerprint density at radius 2 is 1.51 bits per heavy atom. The maximum atomic E-state index is 12.9. The van der Waals surface area contributed by atoms with Gasteiger partial charge in [0.05, 0.1) is 16.8 Å². The first-order chi connectivity index (χ1) is 23.3. The Morgan fingerprint density at radius 1 is 0.837 bits per heavy atom. The molecule has 2 aliphatic heterocycles. The lowest BCUT2D eigenvalue weighted by molar-refractivity contribution is -0.160. The zero-order valence-corrected chi connectivity index (χ0v) is 29.9. The number of ether oxygens (including phenoxy) is 1. The van der Waals surface area contributed by atoms with Crippen molar-refractivity contribution in [2.75, 3.05) is 29.4 Å². The topological polar surface area (TPSA) is 78.8 Å². The number of nitrogens with zero attached hydrogens (tertiary/aromatic N) is 4. The molecule has 1 atom stereocenters. The molecule has 7 rings (SSSR count). The van der Waals surface area contributed by atoms with E-state index in [4.69, 9.17) is 14.7 Å². The molecule has 0 bridgehead atoms. The summed E-state index contributed by atoms with van der Waals surface area (Å²) in [5, 5.41) is 14.2. The van der Waals surface area contributed by atoms with E-state index in [1.165, 1.54) is 27.3 Å². The van der Waals surface area contributed by atoms with E-state index < -0.39 is 17.7 Å². The quantitative estimate of drug-likeness (QED) is 0.183. The van der Waals surface area contributed by atoms with Crippen molar-refractivity contribution >= 4 is 39.1 Å². The maximum absolute atomic E-state index is 12.9. The van der Waals surface area contributed by atoms with Crippen LogP contribution < -0.4 is 9.80 Å². The van der Waals surface area contributed by atoms with Crippen molar-refractivity contribution in [1.82, 2.24) is 9.97 Å². The molecule has 1 fully saturated rings. The molecule has 5 aromatic rings. The number of aliphatic carboxylic acids is 1. The molecule has 0 radical (unpaired) electrons. The predicted octanol–water partition coefficient (Wildman–Crippen LogP) is 9.20. The van der Waals surface area contributed by atoms with Gasteiger partial charge in [0, 0.05) is 59.5 Å². The van der Waals surface area contributed by atoms with Crippen molar-refractivity contribution in [3.05, 3.63) is 94.8 Å². The largest absolute Gasteiger partial charge is 0.479 e. The average molecular weight is 657 g/mol. The number of rotatable bonds is 6. The van der Waals surface area contributed by atoms with Gasteiger partial charge < -0.3 is 19.6 Å². The number of carbonyl (C=O) groups is 1. The van der Waals surface area contributed by atoms with Crippen molar-refractivity contribution in [2.24, 2.45) is 5.41 Å². The average Bonchev–Trinajstić information content (AvgIpc) is 3.06. The molecule has 0 spiro atoms. The number of carboxylic acids is 1. The molecule has 0 amide bonds. The first kappa shape index (κ1) is 33.0. The summed E-state index contributed by atoms with van der Waals surface area (Å²) in [6.07, 6.45) is 1.81. The van der Waals surface area contributed by atoms with Crippen LogP contribution in [0.15, 0.2) is 66.7 Å². The van der Waals surface area contributed by atoms with Gasteiger partial charge in [-0.3, -0.25) is 4.98 Å². The lowest BCUT2D eigenvalue weighted by atomic mass is 9.81. The summed E-state index contributed by atoms with van der Waals surface area (Å²) in [5.41, 5.74) is 8.53. The highest BCUT2D eigenvalue weighted by atomic mass is 16.5. The van der Waals surface area contributed by atoms with Gasteiger partial charge in [-0.05, 0) is 87.4 Å². The molecule has 2 aromatic heterocycles. The standard InChI is InChI=1S/C42H48N4O3/c1-26-35(37(45-22-19-42(6,7)20-23-45)36(27(2)43-26)38(40(47)48)49-41(3,4)5)29-16-17-30-25-46(21-18-28(30)24-29)39-33-14-9-8-12-31(33)32-13-10-11-15-34(32)44-39/h8-17,24,38H,18-23,25H2,1-7H3,(H,47,48)/t38-/m0/s1. The van der Waals surface area contributed by atoms with Crippen molar-refractivity contribution in [3.63, 3.8) is 0 Å². The third kappa shape index (κ3) is 6.37. The summed E-state index contributed by atoms with van der Waals surface area (Å²) in [4.78, 5) is 27.9. The van der Waals surface area contributed by atoms with Gasteiger partial charge in [0.15, 0.2) is 6.10 Å². The van der Waals surface area contributed by atoms with Gasteiger partial charge >= 0.3 is 5.97 Å². The SMILES string of the molecule is Cc1nc(C)c([C@H](OC(C)(C)C)C(=O)O)c(N2CCC(C)(C)CC2)c1-c1ccc2c(c1)CCN(c1nc3ccccc3c3ccccc13)C2. The van der Waals surface area contributed by atoms with Crippen LogP contribution in [0.25, 0.3) is 32.8 Å². The molecular formula is C42H48N4O3. The summed E-state index contributed by atoms with van der Waals surface area (Å²) in [6, 6.07) is 23.7. The molecule has 254 valence electrons. The number of benzene rings is 3. The second-order valence-electron chi connectivity index (χ2n) is 15.7. The molecule has 1 N–H and O–H groups in total. The monoisotopic (exact) mass is 656 g/mol. The number of aromatic nitrogens is 2. The van der Waals surface area contributed by atoms with E-state index in [2.05, 4.69) is 97.3 Å². The van der Waals surface area contributed by atoms with E-state index in [0.29, 0.717) is 11.3 Å². The van der Waals surface area contributed by atoms with Gasteiger partial charge in [-0.25, -0.2) is 9.78 Å². The molecule has 1 saturated heterocycles. The molecule has 7 nitrogen and oxygen atoms in total. The Bertz CT molecular complexity index is 2070. The van der Waals surface area contributed by atoms with Crippen LogP contribution in [-0.4, -0.2) is 46.3 Å². The normalized spacial score (nSPS) is 17.0. The molecule has 2 aliphatic rings. The Morgan fingerprint density at radius 3 is 2.20 bits per heavy atom. The van der Waals surface area contributed by atoms with E-state index >= 15 is 0 Å². The van der Waals surface area contributed by atoms with Gasteiger partial charge in [0.1, 0.15) is 5.82 Å². The van der Waals surface area contributed by atoms with Crippen LogP contribution in [0.5, 0.6) is 0 Å². The lowest BCUT2D eigenvalue weighted by Crippen LogP contribution is -2.39. The minimum Gasteiger partial charge on any atom is -0.479 e. The molecule has 7 heteroatoms. The third-order valence-corrected chi connectivity index (χ3v) is 10.4. The fraction of sp³-hybridized carbons (Fsp3) is 0.405. The minimum absolute atomic E-state index is 0.241. The highest BCUT2D eigenvalue weighted by Crippen LogP contribution is 2.45. The zero-order chi connectivity index (χ0) is 34.7. The van der Waals surface area contributed by atoms with Crippen LogP contribution in [0, 0.1) is 19.3 Å². The van der Waals surface area contributed by atoms with Crippen LogP contribution in [0.4, 0.5) is 11.5 Å². The molecule has 0 saturated carbocycles. The number of aryl methyl sites for hydroxylation is 2. The summed E-state index contributed by atoms with van der Waals surface area (Å²) in [7, 11) is 0. The third-order valence-electron chi connectivity index (χ3n) is 10.4. The Kier molecular flexibility index (Phi) is 8.38. The van der Waals surface area contributed by atoms with Crippen LogP contribution in [0.1, 0.15) is 81.6 Å². The van der Waals surface area contributed by atoms with Crippen LogP contribution >= 0.6 is 0 Å². The highest BCUT2D eigenvalue weighted by molar-refractivity contribution is 6.10. The fourth-order valence-corrected chi connectivity index (χ4v) is 7.77. The second-order valence-corrected chi connectivity index (χ2v) is 15.7. The first-order valence-electron chi connectivity index (χ1n) is 17.6. The van der Waals surface area contributed by atoms with Gasteiger partial charge in [0.25, 0.3) is 0 Å². The molecule has 0 aliphatic carbocycles. The number of hydrogen-bond acceptors (Lipinski definition) is 6. The van der Waals surface area contributed by atoms with E-state index in [9.17, 15) is 9.90 Å². The smallest absolute Gasteiger partial charge is 0.337 e. The number of hydrogen-bond donors (Lipinski definition) is 1. The van der Waals surface area contributed by atoms with Crippen molar-refractivity contribution in [2.45, 2.75) is 86.0 Å². The van der Waals surface area contributed by atoms with Crippen molar-refractivity contribution in [3.8, 4) is 11.1 Å². The highest BCUT2D eigenvalue weighted by Gasteiger charge is 2.36. The number of carboxylic acid groups (broad SMARTS) is 1. The summed E-state index contributed by atoms with van der Waals surface area (Å²) >= 11 is 0. The summed E-state index contributed by atoms with van der Waals surface area (Å²) in [6.45, 7) is 17.7. The molecular weight excluding hydrogens is 608 g/mol. The van der Waals surface area contributed by atoms with Gasteiger partial charge in [-0.2, -0.15) is 0 Å². The molecule has 49 heavy (non-hydrogen) atoms. The second kappa shape index (κ2) is 12.4. The lowest BCUT2D eigenvalue weighted by Gasteiger charge is -2.41. The van der Waals surface area contributed by atoms with E-state index in [1.807, 2.05) is 27.7 Å². The van der Waals surface area contributed by atoms with Crippen molar-refractivity contribution in [1.29, 1.82) is 0 Å². The minimum atomic E-state index is -1.13. The number of fused-ring (bicyclic) bond motifs is 4. The van der Waals surface area contributed by atoms with Crippen LogP contribution in [0.3, 0.4) is 0 Å². The van der Waals surface area contributed by atoms with Crippen molar-refractivity contribution < 1.29 is 14.6 Å². The Balaban J connectivity index is 1.31. The van der Waals surface area contributed by atoms with Gasteiger partial charge in [0.2, 0.25) is 0 Å². The van der Waals surface area contributed by atoms with Crippen LogP contribution in [0.2, 0.25) is 0 Å². The van der Waals surface area contributed by atoms with E-state index in [-0.39, 0.29) is 5.41 Å². The first-order valence-corrected chi connectivity index (χ1v) is 17.6. The summed E-state index contributed by atoms with van der Waals surface area (Å²) < 4.78 is 6.29. The van der Waals surface area contributed by atoms with E-state index in [1.54, 1.807) is 0 Å². The number of anilines is 2. The molecule has 0 unspecified atom stereocenters. The number of piperidine rings is 1. The molecule has 3 aromatic carbocycles. The Hall–Kier alpha value is -4.49. The fourth-order valence-electron chi connectivity index (χ4n) is 7.77. The Labute approximate surface area is 289 Å². The maximum Gasteiger partial charge on any atom is 0.337 e. The number of pyridine rings is 2. The zero-order valence-electron chi connectivity index (χ0n) is 29.9.